The third-order valence-electron chi connectivity index (χ3n) is 3.28. The van der Waals surface area contributed by atoms with Gasteiger partial charge in [0.05, 0.1) is 5.69 Å². The molecule has 0 unspecified atom stereocenters. The van der Waals surface area contributed by atoms with Crippen LogP contribution in [-0.2, 0) is 6.54 Å². The molecule has 0 amide bonds. The van der Waals surface area contributed by atoms with Gasteiger partial charge in [0.25, 0.3) is 0 Å². The monoisotopic (exact) mass is 258 g/mol. The molecule has 0 saturated carbocycles. The van der Waals surface area contributed by atoms with Gasteiger partial charge in [-0.05, 0) is 12.3 Å². The summed E-state index contributed by atoms with van der Waals surface area (Å²) < 4.78 is 1.96. The summed E-state index contributed by atoms with van der Waals surface area (Å²) in [6.45, 7) is 7.21. The van der Waals surface area contributed by atoms with Gasteiger partial charge in [0.15, 0.2) is 5.75 Å². The van der Waals surface area contributed by atoms with E-state index < -0.39 is 0 Å². The molecule has 0 atom stereocenters. The maximum Gasteiger partial charge on any atom is 0.165 e. The van der Waals surface area contributed by atoms with Gasteiger partial charge < -0.3 is 5.11 Å². The molecule has 1 heterocycles. The second-order valence-electron chi connectivity index (χ2n) is 5.18. The Kier molecular flexibility index (Phi) is 4.25. The van der Waals surface area contributed by atoms with Crippen molar-refractivity contribution in [3.05, 3.63) is 36.0 Å². The minimum Gasteiger partial charge on any atom is -0.504 e. The number of unbranched alkanes of at least 4 members (excludes halogenated alkanes) is 1. The van der Waals surface area contributed by atoms with E-state index in [1.165, 1.54) is 0 Å². The zero-order valence-electron chi connectivity index (χ0n) is 11.9. The first-order valence-corrected chi connectivity index (χ1v) is 7.00. The molecule has 102 valence electrons. The van der Waals surface area contributed by atoms with Crippen molar-refractivity contribution in [2.45, 2.75) is 46.1 Å². The van der Waals surface area contributed by atoms with E-state index in [-0.39, 0.29) is 5.92 Å². The van der Waals surface area contributed by atoms with Crippen LogP contribution in [0.3, 0.4) is 0 Å². The number of aromatic nitrogens is 2. The number of hydrogen-bond donors (Lipinski definition) is 1. The normalized spacial score (nSPS) is 11.2. The predicted molar refractivity (Wildman–Crippen MR) is 78.3 cm³/mol. The molecule has 0 fully saturated rings. The molecule has 19 heavy (non-hydrogen) atoms. The van der Waals surface area contributed by atoms with Crippen LogP contribution in [0.2, 0.25) is 0 Å². The summed E-state index contributed by atoms with van der Waals surface area (Å²) in [6, 6.07) is 9.87. The number of benzene rings is 1. The molecule has 0 aliphatic heterocycles. The van der Waals surface area contributed by atoms with Crippen LogP contribution in [-0.4, -0.2) is 14.9 Å². The van der Waals surface area contributed by atoms with Crippen molar-refractivity contribution in [2.75, 3.05) is 0 Å². The van der Waals surface area contributed by atoms with Crippen molar-refractivity contribution < 1.29 is 5.11 Å². The third-order valence-corrected chi connectivity index (χ3v) is 3.28. The molecule has 2 aromatic rings. The fraction of sp³-hybridized carbons (Fsp3) is 0.438. The number of aromatic hydroxyl groups is 1. The number of rotatable bonds is 5. The van der Waals surface area contributed by atoms with Gasteiger partial charge >= 0.3 is 0 Å². The zero-order chi connectivity index (χ0) is 13.8. The molecule has 0 radical (unpaired) electrons. The smallest absolute Gasteiger partial charge is 0.165 e. The highest BCUT2D eigenvalue weighted by atomic mass is 16.3. The summed E-state index contributed by atoms with van der Waals surface area (Å²) in [5.74, 6) is 0.596. The van der Waals surface area contributed by atoms with E-state index in [0.717, 1.165) is 30.6 Å². The summed E-state index contributed by atoms with van der Waals surface area (Å²) in [7, 11) is 0. The average molecular weight is 258 g/mol. The molecule has 0 aliphatic carbocycles. The van der Waals surface area contributed by atoms with Crippen molar-refractivity contribution in [1.82, 2.24) is 9.78 Å². The van der Waals surface area contributed by atoms with Crippen LogP contribution in [0.25, 0.3) is 11.3 Å². The van der Waals surface area contributed by atoms with Crippen molar-refractivity contribution in [1.29, 1.82) is 0 Å². The molecule has 1 N–H and O–H groups in total. The Bertz CT molecular complexity index is 529. The van der Waals surface area contributed by atoms with E-state index in [4.69, 9.17) is 0 Å². The maximum absolute atomic E-state index is 10.4. The Hall–Kier alpha value is -1.77. The predicted octanol–water partition coefficient (Wildman–Crippen LogP) is 4.18. The molecule has 0 aliphatic rings. The highest BCUT2D eigenvalue weighted by Crippen LogP contribution is 2.35. The van der Waals surface area contributed by atoms with E-state index in [9.17, 15) is 5.11 Å². The summed E-state index contributed by atoms with van der Waals surface area (Å²) in [5, 5.41) is 15.1. The van der Waals surface area contributed by atoms with Gasteiger partial charge in [-0.1, -0.05) is 57.5 Å². The highest BCUT2D eigenvalue weighted by molar-refractivity contribution is 5.67. The van der Waals surface area contributed by atoms with Crippen LogP contribution in [0.1, 0.15) is 45.2 Å². The molecular weight excluding hydrogens is 236 g/mol. The lowest BCUT2D eigenvalue weighted by atomic mass is 10.1. The van der Waals surface area contributed by atoms with Crippen LogP contribution >= 0.6 is 0 Å². The van der Waals surface area contributed by atoms with Gasteiger partial charge in [0.1, 0.15) is 5.69 Å². The van der Waals surface area contributed by atoms with E-state index >= 15 is 0 Å². The Morgan fingerprint density at radius 2 is 1.89 bits per heavy atom. The molecule has 2 rings (SSSR count). The van der Waals surface area contributed by atoms with Gasteiger partial charge in [0.2, 0.25) is 0 Å². The van der Waals surface area contributed by atoms with E-state index in [1.54, 1.807) is 0 Å². The largest absolute Gasteiger partial charge is 0.504 e. The Labute approximate surface area is 114 Å². The lowest BCUT2D eigenvalue weighted by molar-refractivity contribution is 0.455. The summed E-state index contributed by atoms with van der Waals surface area (Å²) in [4.78, 5) is 0. The lowest BCUT2D eigenvalue weighted by Crippen LogP contribution is -2.06. The zero-order valence-corrected chi connectivity index (χ0v) is 11.9. The highest BCUT2D eigenvalue weighted by Gasteiger charge is 2.20. The minimum atomic E-state index is 0.266. The van der Waals surface area contributed by atoms with Crippen LogP contribution < -0.4 is 0 Å². The Morgan fingerprint density at radius 3 is 2.47 bits per heavy atom. The van der Waals surface area contributed by atoms with Crippen molar-refractivity contribution in [3.8, 4) is 17.0 Å². The first-order valence-electron chi connectivity index (χ1n) is 7.00. The van der Waals surface area contributed by atoms with Crippen molar-refractivity contribution in [2.24, 2.45) is 0 Å². The molecule has 0 bridgehead atoms. The Morgan fingerprint density at radius 1 is 1.21 bits per heavy atom. The summed E-state index contributed by atoms with van der Waals surface area (Å²) >= 11 is 0. The molecule has 1 aromatic heterocycles. The summed E-state index contributed by atoms with van der Waals surface area (Å²) in [6.07, 6.45) is 2.20. The number of aryl methyl sites for hydroxylation is 1. The quantitative estimate of drug-likeness (QED) is 0.873. The van der Waals surface area contributed by atoms with Gasteiger partial charge in [-0.25, -0.2) is 0 Å². The molecule has 3 heteroatoms. The topological polar surface area (TPSA) is 38.0 Å². The molecule has 0 spiro atoms. The fourth-order valence-electron chi connectivity index (χ4n) is 2.31. The minimum absolute atomic E-state index is 0.266. The molecular formula is C16H22N2O. The van der Waals surface area contributed by atoms with Crippen LogP contribution in [0.15, 0.2) is 30.3 Å². The lowest BCUT2D eigenvalue weighted by Gasteiger charge is -2.09. The van der Waals surface area contributed by atoms with Crippen molar-refractivity contribution in [3.63, 3.8) is 0 Å². The first-order chi connectivity index (χ1) is 9.15. The van der Waals surface area contributed by atoms with E-state index in [2.05, 4.69) is 25.9 Å². The second-order valence-corrected chi connectivity index (χ2v) is 5.18. The van der Waals surface area contributed by atoms with Gasteiger partial charge in [-0.3, -0.25) is 4.68 Å². The SMILES string of the molecule is CCCCn1nc(-c2ccccc2)c(O)c1C(C)C. The fourth-order valence-corrected chi connectivity index (χ4v) is 2.31. The van der Waals surface area contributed by atoms with Gasteiger partial charge in [-0.2, -0.15) is 5.10 Å². The molecule has 0 saturated heterocycles. The number of hydrogen-bond acceptors (Lipinski definition) is 2. The van der Waals surface area contributed by atoms with Gasteiger partial charge in [-0.15, -0.1) is 0 Å². The second kappa shape index (κ2) is 5.91. The maximum atomic E-state index is 10.4. The van der Waals surface area contributed by atoms with Crippen molar-refractivity contribution >= 4 is 0 Å². The van der Waals surface area contributed by atoms with Crippen LogP contribution in [0.5, 0.6) is 5.75 Å². The molecule has 3 nitrogen and oxygen atoms in total. The standard InChI is InChI=1S/C16H22N2O/c1-4-5-11-18-15(12(2)3)16(19)14(17-18)13-9-7-6-8-10-13/h6-10,12,19H,4-5,11H2,1-3H3. The van der Waals surface area contributed by atoms with E-state index in [1.807, 2.05) is 35.0 Å². The van der Waals surface area contributed by atoms with Crippen LogP contribution in [0, 0.1) is 0 Å². The molecule has 1 aromatic carbocycles. The average Bonchev–Trinajstić information content (AvgIpc) is 2.74. The van der Waals surface area contributed by atoms with E-state index in [0.29, 0.717) is 11.4 Å². The summed E-state index contributed by atoms with van der Waals surface area (Å²) in [5.41, 5.74) is 2.60. The van der Waals surface area contributed by atoms with Gasteiger partial charge in [0, 0.05) is 12.1 Å². The first kappa shape index (κ1) is 13.7. The third kappa shape index (κ3) is 2.80. The van der Waals surface area contributed by atoms with Crippen LogP contribution in [0.4, 0.5) is 0 Å². The Balaban J connectivity index is 2.46. The number of nitrogens with zero attached hydrogens (tertiary/aromatic N) is 2.